The van der Waals surface area contributed by atoms with Gasteiger partial charge in [0.1, 0.15) is 0 Å². The minimum absolute atomic E-state index is 0.570. The van der Waals surface area contributed by atoms with Gasteiger partial charge in [-0.15, -0.1) is 0 Å². The lowest BCUT2D eigenvalue weighted by atomic mass is 10.1. The highest BCUT2D eigenvalue weighted by Gasteiger charge is 2.19. The smallest absolute Gasteiger partial charge is 0.195 e. The Kier molecular flexibility index (Phi) is 9.08. The number of benzene rings is 1. The van der Waals surface area contributed by atoms with Crippen LogP contribution in [0.1, 0.15) is 33.1 Å². The maximum absolute atomic E-state index is 5.82. The second kappa shape index (κ2) is 12.0. The normalized spacial score (nSPS) is 19.7. The van der Waals surface area contributed by atoms with E-state index in [9.17, 15) is 0 Å². The summed E-state index contributed by atoms with van der Waals surface area (Å²) in [7, 11) is 2.18. The van der Waals surface area contributed by atoms with E-state index < -0.39 is 0 Å². The molecular formula is C23H38N4O3. The fourth-order valence-corrected chi connectivity index (χ4v) is 3.61. The van der Waals surface area contributed by atoms with Crippen molar-refractivity contribution in [2.75, 3.05) is 65.0 Å². The minimum Gasteiger partial charge on any atom is -0.490 e. The van der Waals surface area contributed by atoms with E-state index in [2.05, 4.69) is 36.4 Å². The lowest BCUT2D eigenvalue weighted by Crippen LogP contribution is -2.33. The molecule has 2 heterocycles. The summed E-state index contributed by atoms with van der Waals surface area (Å²) < 4.78 is 17.2. The van der Waals surface area contributed by atoms with Gasteiger partial charge in [-0.1, -0.05) is 13.8 Å². The monoisotopic (exact) mass is 418 g/mol. The van der Waals surface area contributed by atoms with Gasteiger partial charge in [-0.2, -0.15) is 0 Å². The molecule has 0 amide bonds. The predicted octanol–water partition coefficient (Wildman–Crippen LogP) is 3.22. The van der Waals surface area contributed by atoms with Gasteiger partial charge < -0.3 is 29.7 Å². The average molecular weight is 419 g/mol. The molecule has 2 N–H and O–H groups in total. The molecule has 1 saturated heterocycles. The molecule has 0 spiro atoms. The molecule has 0 saturated carbocycles. The van der Waals surface area contributed by atoms with Crippen LogP contribution in [0.2, 0.25) is 0 Å². The summed E-state index contributed by atoms with van der Waals surface area (Å²) >= 11 is 0. The van der Waals surface area contributed by atoms with E-state index in [1.807, 2.05) is 18.2 Å². The predicted molar refractivity (Wildman–Crippen MR) is 122 cm³/mol. The van der Waals surface area contributed by atoms with Crippen molar-refractivity contribution in [3.63, 3.8) is 0 Å². The fraction of sp³-hybridized carbons (Fsp3) is 0.696. The van der Waals surface area contributed by atoms with Crippen molar-refractivity contribution < 1.29 is 14.2 Å². The van der Waals surface area contributed by atoms with E-state index in [1.54, 1.807) is 0 Å². The van der Waals surface area contributed by atoms with Gasteiger partial charge in [0.2, 0.25) is 0 Å². The zero-order valence-electron chi connectivity index (χ0n) is 18.8. The largest absolute Gasteiger partial charge is 0.490 e. The van der Waals surface area contributed by atoms with E-state index in [-0.39, 0.29) is 0 Å². The molecule has 0 bridgehead atoms. The highest BCUT2D eigenvalue weighted by atomic mass is 16.5. The Morgan fingerprint density at radius 2 is 2.10 bits per heavy atom. The molecule has 7 heteroatoms. The summed E-state index contributed by atoms with van der Waals surface area (Å²) in [5, 5.41) is 6.90. The first-order valence-electron chi connectivity index (χ1n) is 11.3. The van der Waals surface area contributed by atoms with Gasteiger partial charge in [-0.25, -0.2) is 0 Å². The van der Waals surface area contributed by atoms with E-state index in [0.717, 1.165) is 75.4 Å². The third-order valence-corrected chi connectivity index (χ3v) is 5.22. The number of hydrogen-bond acceptors (Lipinski definition) is 5. The number of ether oxygens (including phenoxy) is 3. The molecule has 0 radical (unpaired) electrons. The molecular weight excluding hydrogens is 380 g/mol. The van der Waals surface area contributed by atoms with E-state index in [4.69, 9.17) is 19.2 Å². The van der Waals surface area contributed by atoms with Crippen molar-refractivity contribution in [1.29, 1.82) is 0 Å². The molecule has 0 aromatic heterocycles. The summed E-state index contributed by atoms with van der Waals surface area (Å²) in [4.78, 5) is 7.24. The van der Waals surface area contributed by atoms with Crippen LogP contribution in [0.3, 0.4) is 0 Å². The standard InChI is InChI=1S/C23H38N4O3/c1-18(2)17-28-11-4-9-24-23(25-15-19-8-10-27(3)16-19)26-20-6-7-21-22(14-20)30-13-5-12-29-21/h6-7,14,18-19H,4-5,8-13,15-17H2,1-3H3,(H2,24,25,26). The summed E-state index contributed by atoms with van der Waals surface area (Å²) in [5.41, 5.74) is 0.949. The number of nitrogens with zero attached hydrogens (tertiary/aromatic N) is 2. The Morgan fingerprint density at radius 1 is 1.27 bits per heavy atom. The van der Waals surface area contributed by atoms with E-state index in [1.165, 1.54) is 6.42 Å². The molecule has 168 valence electrons. The Bertz CT molecular complexity index is 680. The van der Waals surface area contributed by atoms with Gasteiger partial charge in [-0.3, -0.25) is 4.99 Å². The molecule has 1 unspecified atom stereocenters. The number of rotatable bonds is 9. The maximum Gasteiger partial charge on any atom is 0.195 e. The first kappa shape index (κ1) is 22.7. The number of likely N-dealkylation sites (tertiary alicyclic amines) is 1. The highest BCUT2D eigenvalue weighted by Crippen LogP contribution is 2.32. The third kappa shape index (κ3) is 7.69. The van der Waals surface area contributed by atoms with Crippen LogP contribution in [-0.4, -0.2) is 70.5 Å². The van der Waals surface area contributed by atoms with Gasteiger partial charge in [-0.05, 0) is 50.4 Å². The molecule has 1 aromatic rings. The topological polar surface area (TPSA) is 67.4 Å². The minimum atomic E-state index is 0.570. The van der Waals surface area contributed by atoms with Gasteiger partial charge in [0.15, 0.2) is 17.5 Å². The number of aliphatic imine (C=N–C) groups is 1. The molecule has 1 fully saturated rings. The van der Waals surface area contributed by atoms with Crippen LogP contribution in [-0.2, 0) is 4.74 Å². The van der Waals surface area contributed by atoms with Crippen LogP contribution in [0, 0.1) is 11.8 Å². The quantitative estimate of drug-likeness (QED) is 0.365. The molecule has 7 nitrogen and oxygen atoms in total. The van der Waals surface area contributed by atoms with Crippen LogP contribution in [0.15, 0.2) is 23.2 Å². The van der Waals surface area contributed by atoms with Crippen molar-refractivity contribution in [1.82, 2.24) is 10.2 Å². The fourth-order valence-electron chi connectivity index (χ4n) is 3.61. The molecule has 2 aliphatic heterocycles. The van der Waals surface area contributed by atoms with Crippen LogP contribution in [0.25, 0.3) is 0 Å². The molecule has 0 aliphatic carbocycles. The molecule has 1 aromatic carbocycles. The highest BCUT2D eigenvalue weighted by molar-refractivity contribution is 5.94. The summed E-state index contributed by atoms with van der Waals surface area (Å²) in [5.74, 6) is 3.59. The van der Waals surface area contributed by atoms with Crippen molar-refractivity contribution in [3.05, 3.63) is 18.2 Å². The summed E-state index contributed by atoms with van der Waals surface area (Å²) in [6.07, 6.45) is 3.06. The molecule has 30 heavy (non-hydrogen) atoms. The van der Waals surface area contributed by atoms with Crippen molar-refractivity contribution >= 4 is 11.6 Å². The second-order valence-corrected chi connectivity index (χ2v) is 8.69. The first-order chi connectivity index (χ1) is 14.6. The Balaban J connectivity index is 1.56. The van der Waals surface area contributed by atoms with Crippen LogP contribution in [0.5, 0.6) is 11.5 Å². The van der Waals surface area contributed by atoms with Gasteiger partial charge >= 0.3 is 0 Å². The molecule has 3 rings (SSSR count). The van der Waals surface area contributed by atoms with Crippen LogP contribution >= 0.6 is 0 Å². The number of guanidine groups is 1. The van der Waals surface area contributed by atoms with Gasteiger partial charge in [0, 0.05) is 51.0 Å². The van der Waals surface area contributed by atoms with Crippen molar-refractivity contribution in [3.8, 4) is 11.5 Å². The van der Waals surface area contributed by atoms with Crippen LogP contribution < -0.4 is 20.1 Å². The summed E-state index contributed by atoms with van der Waals surface area (Å²) in [6.45, 7) is 11.2. The maximum atomic E-state index is 5.82. The number of anilines is 1. The van der Waals surface area contributed by atoms with Gasteiger partial charge in [0.25, 0.3) is 0 Å². The van der Waals surface area contributed by atoms with E-state index in [0.29, 0.717) is 25.0 Å². The number of fused-ring (bicyclic) bond motifs is 1. The molecule has 2 aliphatic rings. The van der Waals surface area contributed by atoms with Gasteiger partial charge in [0.05, 0.1) is 13.2 Å². The van der Waals surface area contributed by atoms with Crippen LogP contribution in [0.4, 0.5) is 5.69 Å². The Labute approximate surface area is 181 Å². The number of nitrogens with one attached hydrogen (secondary N) is 2. The average Bonchev–Trinajstić information content (AvgIpc) is 3.00. The first-order valence-corrected chi connectivity index (χ1v) is 11.3. The Hall–Kier alpha value is -1.99. The van der Waals surface area contributed by atoms with Crippen molar-refractivity contribution in [2.24, 2.45) is 16.8 Å². The SMILES string of the molecule is CC(C)COCCCNC(=NCC1CCN(C)C1)Nc1ccc2c(c1)OCCCO2. The number of hydrogen-bond donors (Lipinski definition) is 2. The summed E-state index contributed by atoms with van der Waals surface area (Å²) in [6, 6.07) is 5.97. The lowest BCUT2D eigenvalue weighted by Gasteiger charge is -2.16. The van der Waals surface area contributed by atoms with E-state index >= 15 is 0 Å². The lowest BCUT2D eigenvalue weighted by molar-refractivity contribution is 0.108. The third-order valence-electron chi connectivity index (χ3n) is 5.22. The second-order valence-electron chi connectivity index (χ2n) is 8.69. The molecule has 1 atom stereocenters. The Morgan fingerprint density at radius 3 is 2.87 bits per heavy atom. The van der Waals surface area contributed by atoms with Crippen molar-refractivity contribution in [2.45, 2.75) is 33.1 Å². The zero-order chi connectivity index (χ0) is 21.2. The zero-order valence-corrected chi connectivity index (χ0v) is 18.8.